The fraction of sp³-hybridized carbons (Fsp3) is 0.500. The van der Waals surface area contributed by atoms with Gasteiger partial charge in [0.05, 0.1) is 5.41 Å². The van der Waals surface area contributed by atoms with Crippen LogP contribution in [0.3, 0.4) is 0 Å². The lowest BCUT2D eigenvalue weighted by Crippen LogP contribution is -2.38. The number of aliphatic hydroxyl groups excluding tert-OH is 1. The molecule has 1 N–H and O–H groups in total. The van der Waals surface area contributed by atoms with Crippen LogP contribution in [-0.4, -0.2) is 42.0 Å². The normalized spacial score (nSPS) is 20.7. The van der Waals surface area contributed by atoms with E-state index in [9.17, 15) is 9.59 Å². The van der Waals surface area contributed by atoms with Crippen LogP contribution in [-0.2, 0) is 20.9 Å². The minimum absolute atomic E-state index is 0.205. The topological polar surface area (TPSA) is 76.1 Å². The van der Waals surface area contributed by atoms with Gasteiger partial charge in [0.15, 0.2) is 6.79 Å². The van der Waals surface area contributed by atoms with Crippen molar-refractivity contribution < 1.29 is 24.2 Å². The van der Waals surface area contributed by atoms with Gasteiger partial charge in [-0.05, 0) is 18.4 Å². The van der Waals surface area contributed by atoms with Crippen LogP contribution < -0.4 is 0 Å². The van der Waals surface area contributed by atoms with Gasteiger partial charge in [-0.1, -0.05) is 37.3 Å². The summed E-state index contributed by atoms with van der Waals surface area (Å²) in [6, 6.07) is 9.42. The van der Waals surface area contributed by atoms with Crippen LogP contribution in [0.1, 0.15) is 25.3 Å². The van der Waals surface area contributed by atoms with E-state index in [1.807, 2.05) is 37.3 Å². The zero-order valence-corrected chi connectivity index (χ0v) is 12.7. The van der Waals surface area contributed by atoms with Gasteiger partial charge in [-0.2, -0.15) is 0 Å². The average molecular weight is 307 g/mol. The second-order valence-corrected chi connectivity index (χ2v) is 5.41. The largest absolute Gasteiger partial charge is 0.445 e. The summed E-state index contributed by atoms with van der Waals surface area (Å²) in [7, 11) is 0. The number of benzene rings is 1. The number of esters is 1. The van der Waals surface area contributed by atoms with Gasteiger partial charge in [0, 0.05) is 13.1 Å². The molecule has 6 nitrogen and oxygen atoms in total. The zero-order valence-electron chi connectivity index (χ0n) is 12.7. The molecule has 120 valence electrons. The molecule has 2 rings (SSSR count). The first-order valence-electron chi connectivity index (χ1n) is 7.35. The predicted octanol–water partition coefficient (Wildman–Crippen LogP) is 1.92. The van der Waals surface area contributed by atoms with E-state index in [1.54, 1.807) is 0 Å². The quantitative estimate of drug-likeness (QED) is 0.664. The lowest BCUT2D eigenvalue weighted by Gasteiger charge is -2.25. The minimum atomic E-state index is -0.742. The number of ether oxygens (including phenoxy) is 2. The number of aliphatic hydroxyl groups is 1. The monoisotopic (exact) mass is 307 g/mol. The van der Waals surface area contributed by atoms with Gasteiger partial charge in [0.1, 0.15) is 6.61 Å². The van der Waals surface area contributed by atoms with Crippen LogP contribution in [0.25, 0.3) is 0 Å². The molecular weight excluding hydrogens is 286 g/mol. The van der Waals surface area contributed by atoms with Crippen molar-refractivity contribution in [2.24, 2.45) is 5.41 Å². The minimum Gasteiger partial charge on any atom is -0.445 e. The molecule has 0 bridgehead atoms. The van der Waals surface area contributed by atoms with Crippen LogP contribution in [0.15, 0.2) is 30.3 Å². The van der Waals surface area contributed by atoms with E-state index >= 15 is 0 Å². The van der Waals surface area contributed by atoms with Crippen LogP contribution >= 0.6 is 0 Å². The molecule has 1 heterocycles. The van der Waals surface area contributed by atoms with E-state index in [-0.39, 0.29) is 13.2 Å². The zero-order chi connectivity index (χ0) is 16.0. The lowest BCUT2D eigenvalue weighted by molar-refractivity contribution is -0.163. The molecule has 6 heteroatoms. The fourth-order valence-corrected chi connectivity index (χ4v) is 2.65. The molecule has 0 aromatic heterocycles. The Morgan fingerprint density at radius 1 is 1.27 bits per heavy atom. The SMILES string of the molecule is CCC1(C(=O)OCO)CCN(C(=O)OCc2ccccc2)C1. The van der Waals surface area contributed by atoms with E-state index in [0.29, 0.717) is 19.4 Å². The van der Waals surface area contributed by atoms with Crippen molar-refractivity contribution in [3.05, 3.63) is 35.9 Å². The summed E-state index contributed by atoms with van der Waals surface area (Å²) in [5.74, 6) is -0.462. The second-order valence-electron chi connectivity index (χ2n) is 5.41. The Bertz CT molecular complexity index is 519. The summed E-state index contributed by atoms with van der Waals surface area (Å²) in [4.78, 5) is 25.6. The van der Waals surface area contributed by atoms with Gasteiger partial charge in [-0.25, -0.2) is 4.79 Å². The van der Waals surface area contributed by atoms with E-state index < -0.39 is 24.3 Å². The molecule has 1 aliphatic heterocycles. The maximum absolute atomic E-state index is 12.1. The number of carbonyl (C=O) groups is 2. The van der Waals surface area contributed by atoms with E-state index in [4.69, 9.17) is 14.6 Å². The summed E-state index contributed by atoms with van der Waals surface area (Å²) in [6.07, 6.45) is 0.632. The molecule has 1 amide bonds. The lowest BCUT2D eigenvalue weighted by atomic mass is 9.84. The van der Waals surface area contributed by atoms with Gasteiger partial charge in [-0.3, -0.25) is 4.79 Å². The Morgan fingerprint density at radius 2 is 2.00 bits per heavy atom. The number of hydrogen-bond acceptors (Lipinski definition) is 5. The summed E-state index contributed by atoms with van der Waals surface area (Å²) < 4.78 is 9.99. The first-order chi connectivity index (χ1) is 10.6. The second kappa shape index (κ2) is 7.26. The standard InChI is InChI=1S/C16H21NO5/c1-2-16(14(19)22-12-18)8-9-17(11-16)15(20)21-10-13-6-4-3-5-7-13/h3-7,18H,2,8-12H2,1H3. The maximum atomic E-state index is 12.1. The molecule has 0 saturated carbocycles. The molecule has 0 spiro atoms. The molecule has 22 heavy (non-hydrogen) atoms. The summed E-state index contributed by atoms with van der Waals surface area (Å²) in [6.45, 7) is 2.14. The Kier molecular flexibility index (Phi) is 5.38. The molecule has 1 aliphatic rings. The molecule has 1 fully saturated rings. The number of likely N-dealkylation sites (tertiary alicyclic amines) is 1. The number of carbonyl (C=O) groups excluding carboxylic acids is 2. The van der Waals surface area contributed by atoms with Gasteiger partial charge >= 0.3 is 12.1 Å². The highest BCUT2D eigenvalue weighted by molar-refractivity contribution is 5.79. The average Bonchev–Trinajstić information content (AvgIpc) is 3.00. The molecule has 1 aromatic rings. The molecular formula is C16H21NO5. The van der Waals surface area contributed by atoms with Gasteiger partial charge in [0.25, 0.3) is 0 Å². The summed E-state index contributed by atoms with van der Waals surface area (Å²) in [5.41, 5.74) is 0.172. The highest BCUT2D eigenvalue weighted by Crippen LogP contribution is 2.35. The number of amides is 1. The van der Waals surface area contributed by atoms with E-state index in [2.05, 4.69) is 0 Å². The van der Waals surface area contributed by atoms with Crippen LogP contribution in [0.4, 0.5) is 4.79 Å². The third-order valence-electron chi connectivity index (χ3n) is 4.12. The molecule has 0 radical (unpaired) electrons. The molecule has 0 aliphatic carbocycles. The molecule has 1 unspecified atom stereocenters. The first kappa shape index (κ1) is 16.3. The number of hydrogen-bond donors (Lipinski definition) is 1. The molecule has 1 saturated heterocycles. The van der Waals surface area contributed by atoms with E-state index in [0.717, 1.165) is 5.56 Å². The first-order valence-corrected chi connectivity index (χ1v) is 7.35. The van der Waals surface area contributed by atoms with Gasteiger partial charge in [-0.15, -0.1) is 0 Å². The Balaban J connectivity index is 1.91. The summed E-state index contributed by atoms with van der Waals surface area (Å²) in [5, 5.41) is 8.74. The van der Waals surface area contributed by atoms with Crippen molar-refractivity contribution in [2.45, 2.75) is 26.4 Å². The van der Waals surface area contributed by atoms with Crippen LogP contribution in [0.2, 0.25) is 0 Å². The van der Waals surface area contributed by atoms with Gasteiger partial charge < -0.3 is 19.5 Å². The van der Waals surface area contributed by atoms with Crippen LogP contribution in [0, 0.1) is 5.41 Å². The predicted molar refractivity (Wildman–Crippen MR) is 78.7 cm³/mol. The van der Waals surface area contributed by atoms with Crippen molar-refractivity contribution in [1.82, 2.24) is 4.90 Å². The smallest absolute Gasteiger partial charge is 0.410 e. The van der Waals surface area contributed by atoms with Gasteiger partial charge in [0.2, 0.25) is 0 Å². The van der Waals surface area contributed by atoms with E-state index in [1.165, 1.54) is 4.90 Å². The van der Waals surface area contributed by atoms with Crippen LogP contribution in [0.5, 0.6) is 0 Å². The highest BCUT2D eigenvalue weighted by atomic mass is 16.6. The van der Waals surface area contributed by atoms with Crippen molar-refractivity contribution in [3.63, 3.8) is 0 Å². The summed E-state index contributed by atoms with van der Waals surface area (Å²) >= 11 is 0. The Labute approximate surface area is 129 Å². The number of rotatable bonds is 5. The van der Waals surface area contributed by atoms with Crippen molar-refractivity contribution in [3.8, 4) is 0 Å². The van der Waals surface area contributed by atoms with Crippen molar-refractivity contribution in [1.29, 1.82) is 0 Å². The van der Waals surface area contributed by atoms with Crippen molar-refractivity contribution in [2.75, 3.05) is 19.9 Å². The maximum Gasteiger partial charge on any atom is 0.410 e. The molecule has 1 atom stereocenters. The Morgan fingerprint density at radius 3 is 2.64 bits per heavy atom. The highest BCUT2D eigenvalue weighted by Gasteiger charge is 2.46. The third-order valence-corrected chi connectivity index (χ3v) is 4.12. The number of nitrogens with zero attached hydrogens (tertiary/aromatic N) is 1. The van der Waals surface area contributed by atoms with Crippen molar-refractivity contribution >= 4 is 12.1 Å². The Hall–Kier alpha value is -2.08. The fourth-order valence-electron chi connectivity index (χ4n) is 2.65. The molecule has 1 aromatic carbocycles. The third kappa shape index (κ3) is 3.57.